The number of aromatic nitrogens is 3. The zero-order valence-electron chi connectivity index (χ0n) is 19.4. The molecule has 3 aliphatic rings. The fraction of sp³-hybridized carbons (Fsp3) is 0.500. The first kappa shape index (κ1) is 20.9. The molecule has 6 rings (SSSR count). The molecule has 33 heavy (non-hydrogen) atoms. The molecule has 0 radical (unpaired) electrons. The number of aryl methyl sites for hydroxylation is 1. The fourth-order valence-electron chi connectivity index (χ4n) is 7.03. The van der Waals surface area contributed by atoms with Crippen LogP contribution in [0.25, 0.3) is 0 Å². The smallest absolute Gasteiger partial charge is 0.134 e. The number of fused-ring (bicyclic) bond motifs is 5. The lowest BCUT2D eigenvalue weighted by atomic mass is 9.55. The van der Waals surface area contributed by atoms with E-state index >= 15 is 0 Å². The maximum absolute atomic E-state index is 10.6. The quantitative estimate of drug-likeness (QED) is 0.594. The Morgan fingerprint density at radius 3 is 2.85 bits per heavy atom. The number of ether oxygens (including phenoxy) is 1. The molecule has 2 saturated carbocycles. The first-order valence-corrected chi connectivity index (χ1v) is 12.5. The van der Waals surface area contributed by atoms with Crippen LogP contribution in [0.2, 0.25) is 0 Å². The molecule has 5 atom stereocenters. The number of nitrogens with zero attached hydrogens (tertiary/aromatic N) is 3. The summed E-state index contributed by atoms with van der Waals surface area (Å²) in [4.78, 5) is 0. The second-order valence-electron chi connectivity index (χ2n) is 10.6. The maximum Gasteiger partial charge on any atom is 0.134 e. The van der Waals surface area contributed by atoms with Crippen molar-refractivity contribution in [2.45, 2.75) is 70.6 Å². The summed E-state index contributed by atoms with van der Waals surface area (Å²) in [6.45, 7) is 3.48. The molecule has 0 amide bonds. The van der Waals surface area contributed by atoms with Gasteiger partial charge in [0.15, 0.2) is 0 Å². The minimum absolute atomic E-state index is 0.105. The van der Waals surface area contributed by atoms with E-state index < -0.39 is 0 Å². The van der Waals surface area contributed by atoms with Gasteiger partial charge in [0, 0.05) is 0 Å². The average molecular weight is 444 g/mol. The van der Waals surface area contributed by atoms with Crippen LogP contribution in [-0.4, -0.2) is 26.2 Å². The second-order valence-corrected chi connectivity index (χ2v) is 10.6. The van der Waals surface area contributed by atoms with Crippen LogP contribution in [-0.2, 0) is 19.6 Å². The molecule has 0 spiro atoms. The number of aliphatic hydroxyl groups excluding tert-OH is 1. The molecule has 0 unspecified atom stereocenters. The monoisotopic (exact) mass is 443 g/mol. The summed E-state index contributed by atoms with van der Waals surface area (Å²) in [5, 5.41) is 19.1. The van der Waals surface area contributed by atoms with Crippen molar-refractivity contribution in [1.29, 1.82) is 0 Å². The van der Waals surface area contributed by atoms with E-state index in [9.17, 15) is 5.11 Å². The van der Waals surface area contributed by atoms with Gasteiger partial charge in [-0.2, -0.15) is 0 Å². The van der Waals surface area contributed by atoms with Gasteiger partial charge in [0.2, 0.25) is 0 Å². The van der Waals surface area contributed by atoms with Gasteiger partial charge in [-0.15, -0.1) is 5.10 Å². The number of hydrogen-bond donors (Lipinski definition) is 1. The van der Waals surface area contributed by atoms with Gasteiger partial charge in [0.05, 0.1) is 18.8 Å². The number of rotatable bonds is 5. The summed E-state index contributed by atoms with van der Waals surface area (Å²) >= 11 is 0. The molecule has 5 heteroatoms. The molecule has 1 aromatic heterocycles. The third-order valence-corrected chi connectivity index (χ3v) is 8.81. The van der Waals surface area contributed by atoms with Gasteiger partial charge in [-0.1, -0.05) is 48.5 Å². The van der Waals surface area contributed by atoms with E-state index in [4.69, 9.17) is 4.74 Å². The Kier molecular flexibility index (Phi) is 5.25. The van der Waals surface area contributed by atoms with Gasteiger partial charge in [0.1, 0.15) is 18.1 Å². The van der Waals surface area contributed by atoms with Crippen molar-refractivity contribution in [3.8, 4) is 5.75 Å². The van der Waals surface area contributed by atoms with Crippen LogP contribution in [0.3, 0.4) is 0 Å². The van der Waals surface area contributed by atoms with Crippen LogP contribution >= 0.6 is 0 Å². The van der Waals surface area contributed by atoms with Crippen LogP contribution in [0.4, 0.5) is 0 Å². The minimum atomic E-state index is -0.105. The van der Waals surface area contributed by atoms with Gasteiger partial charge in [-0.3, -0.25) is 0 Å². The summed E-state index contributed by atoms with van der Waals surface area (Å²) in [6.07, 6.45) is 8.74. The Morgan fingerprint density at radius 1 is 1.09 bits per heavy atom. The Balaban J connectivity index is 1.12. The summed E-state index contributed by atoms with van der Waals surface area (Å²) < 4.78 is 7.97. The third kappa shape index (κ3) is 3.76. The average Bonchev–Trinajstić information content (AvgIpc) is 3.41. The first-order chi connectivity index (χ1) is 16.1. The van der Waals surface area contributed by atoms with E-state index in [-0.39, 0.29) is 11.5 Å². The van der Waals surface area contributed by atoms with Gasteiger partial charge >= 0.3 is 0 Å². The molecule has 1 N–H and O–H groups in total. The zero-order chi connectivity index (χ0) is 22.4. The van der Waals surface area contributed by atoms with Crippen molar-refractivity contribution < 1.29 is 9.84 Å². The Hall–Kier alpha value is -2.66. The van der Waals surface area contributed by atoms with E-state index in [1.54, 1.807) is 0 Å². The fourth-order valence-corrected chi connectivity index (χ4v) is 7.03. The molecular formula is C28H33N3O2. The summed E-state index contributed by atoms with van der Waals surface area (Å²) in [7, 11) is 0. The SMILES string of the molecule is C[C@]12CC[C@@H]3c4ccc(OCc5cn(Cc6ccccc6)nn5)cc4CC[C@H]3[C@@H]1CC[C@@H]2O. The van der Waals surface area contributed by atoms with Crippen LogP contribution in [0.5, 0.6) is 5.75 Å². The Labute approximate surface area is 195 Å². The molecule has 172 valence electrons. The lowest BCUT2D eigenvalue weighted by Crippen LogP contribution is -2.43. The molecule has 2 fully saturated rings. The standard InChI is InChI=1S/C28H33N3O2/c1-28-14-13-24-23-10-8-22(15-20(23)7-9-25(24)26(28)11-12-27(28)32)33-18-21-17-31(30-29-21)16-19-5-3-2-4-6-19/h2-6,8,10,15,17,24-27,32H,7,9,11-14,16,18H2,1H3/t24-,25-,26+,27+,28+/m1/s1. The van der Waals surface area contributed by atoms with Crippen LogP contribution < -0.4 is 4.74 Å². The van der Waals surface area contributed by atoms with Crippen LogP contribution in [0.1, 0.15) is 67.3 Å². The van der Waals surface area contributed by atoms with Crippen molar-refractivity contribution in [3.05, 3.63) is 77.1 Å². The van der Waals surface area contributed by atoms with Crippen molar-refractivity contribution in [2.75, 3.05) is 0 Å². The lowest BCUT2D eigenvalue weighted by Gasteiger charge is -2.50. The van der Waals surface area contributed by atoms with Gasteiger partial charge in [-0.25, -0.2) is 4.68 Å². The molecule has 0 saturated heterocycles. The normalized spacial score (nSPS) is 30.4. The van der Waals surface area contributed by atoms with E-state index in [2.05, 4.69) is 47.6 Å². The minimum Gasteiger partial charge on any atom is -0.487 e. The van der Waals surface area contributed by atoms with Gasteiger partial charge in [0.25, 0.3) is 0 Å². The topological polar surface area (TPSA) is 60.2 Å². The summed E-state index contributed by atoms with van der Waals surface area (Å²) in [5.41, 5.74) is 5.16. The summed E-state index contributed by atoms with van der Waals surface area (Å²) in [6, 6.07) is 17.0. The van der Waals surface area contributed by atoms with Gasteiger partial charge in [-0.05, 0) is 90.5 Å². The lowest BCUT2D eigenvalue weighted by molar-refractivity contribution is -0.0226. The Morgan fingerprint density at radius 2 is 1.97 bits per heavy atom. The highest BCUT2D eigenvalue weighted by molar-refractivity contribution is 5.40. The highest BCUT2D eigenvalue weighted by atomic mass is 16.5. The number of hydrogen-bond acceptors (Lipinski definition) is 4. The molecule has 3 aromatic rings. The van der Waals surface area contributed by atoms with E-state index in [1.807, 2.05) is 29.1 Å². The van der Waals surface area contributed by atoms with Crippen molar-refractivity contribution in [1.82, 2.24) is 15.0 Å². The molecule has 5 nitrogen and oxygen atoms in total. The highest BCUT2D eigenvalue weighted by Gasteiger charge is 2.54. The van der Waals surface area contributed by atoms with E-state index in [0.717, 1.165) is 36.6 Å². The molecular weight excluding hydrogens is 410 g/mol. The molecule has 0 aliphatic heterocycles. The molecule has 2 aromatic carbocycles. The highest BCUT2D eigenvalue weighted by Crippen LogP contribution is 2.60. The molecule has 3 aliphatic carbocycles. The molecule has 1 heterocycles. The largest absolute Gasteiger partial charge is 0.487 e. The first-order valence-electron chi connectivity index (χ1n) is 12.5. The van der Waals surface area contributed by atoms with Crippen molar-refractivity contribution in [3.63, 3.8) is 0 Å². The third-order valence-electron chi connectivity index (χ3n) is 8.81. The predicted molar refractivity (Wildman–Crippen MR) is 127 cm³/mol. The van der Waals surface area contributed by atoms with Crippen molar-refractivity contribution >= 4 is 0 Å². The van der Waals surface area contributed by atoms with E-state index in [0.29, 0.717) is 25.0 Å². The van der Waals surface area contributed by atoms with Crippen LogP contribution in [0.15, 0.2) is 54.7 Å². The van der Waals surface area contributed by atoms with Gasteiger partial charge < -0.3 is 9.84 Å². The zero-order valence-corrected chi connectivity index (χ0v) is 19.4. The van der Waals surface area contributed by atoms with Crippen LogP contribution in [0, 0.1) is 17.3 Å². The Bertz CT molecular complexity index is 1130. The maximum atomic E-state index is 10.6. The summed E-state index contributed by atoms with van der Waals surface area (Å²) in [5.74, 6) is 2.96. The molecule has 0 bridgehead atoms. The second kappa shape index (κ2) is 8.28. The van der Waals surface area contributed by atoms with E-state index in [1.165, 1.54) is 36.0 Å². The predicted octanol–water partition coefficient (Wildman–Crippen LogP) is 5.12. The van der Waals surface area contributed by atoms with Crippen molar-refractivity contribution in [2.24, 2.45) is 17.3 Å². The number of benzene rings is 2. The number of aliphatic hydroxyl groups is 1.